The molecule has 0 aliphatic carbocycles. The Kier molecular flexibility index (Phi) is 4.59. The van der Waals surface area contributed by atoms with E-state index in [9.17, 15) is 0 Å². The number of hydrogen-bond acceptors (Lipinski definition) is 4. The fourth-order valence-corrected chi connectivity index (χ4v) is 3.07. The maximum absolute atomic E-state index is 5.93. The average Bonchev–Trinajstić information content (AvgIpc) is 3.06. The Bertz CT molecular complexity index is 618. The van der Waals surface area contributed by atoms with E-state index >= 15 is 0 Å². The lowest BCUT2D eigenvalue weighted by Crippen LogP contribution is -2.39. The van der Waals surface area contributed by atoms with Gasteiger partial charge < -0.3 is 13.9 Å². The molecule has 1 saturated heterocycles. The Hall–Kier alpha value is -1.66. The van der Waals surface area contributed by atoms with Crippen molar-refractivity contribution in [3.63, 3.8) is 0 Å². The maximum atomic E-state index is 5.93. The van der Waals surface area contributed by atoms with Gasteiger partial charge in [0, 0.05) is 45.3 Å². The molecule has 0 bridgehead atoms. The van der Waals surface area contributed by atoms with Gasteiger partial charge in [0.25, 0.3) is 0 Å². The molecule has 2 aromatic rings. The highest BCUT2D eigenvalue weighted by Gasteiger charge is 2.26. The minimum absolute atomic E-state index is 0.0436. The van der Waals surface area contributed by atoms with Crippen LogP contribution in [0.1, 0.15) is 36.8 Å². The van der Waals surface area contributed by atoms with E-state index < -0.39 is 0 Å². The van der Waals surface area contributed by atoms with Crippen LogP contribution in [0.25, 0.3) is 0 Å². The third kappa shape index (κ3) is 3.23. The first kappa shape index (κ1) is 15.2. The SMILES string of the molecule is CCCn1ccnc1CN1CCO[C@@H](c2nc(C)cn2C)C1. The van der Waals surface area contributed by atoms with Crippen LogP contribution in [-0.4, -0.2) is 43.7 Å². The monoisotopic (exact) mass is 303 g/mol. The highest BCUT2D eigenvalue weighted by atomic mass is 16.5. The Morgan fingerprint density at radius 1 is 1.41 bits per heavy atom. The normalized spacial score (nSPS) is 19.7. The summed E-state index contributed by atoms with van der Waals surface area (Å²) in [5.41, 5.74) is 1.04. The second-order valence-corrected chi connectivity index (χ2v) is 5.98. The van der Waals surface area contributed by atoms with Crippen molar-refractivity contribution in [2.75, 3.05) is 19.7 Å². The molecule has 0 amide bonds. The number of nitrogens with zero attached hydrogens (tertiary/aromatic N) is 5. The summed E-state index contributed by atoms with van der Waals surface area (Å²) in [7, 11) is 2.03. The highest BCUT2D eigenvalue weighted by molar-refractivity contribution is 5.06. The number of hydrogen-bond donors (Lipinski definition) is 0. The van der Waals surface area contributed by atoms with Gasteiger partial charge in [0.2, 0.25) is 0 Å². The Balaban J connectivity index is 1.68. The van der Waals surface area contributed by atoms with Gasteiger partial charge in [-0.1, -0.05) is 6.92 Å². The first-order chi connectivity index (χ1) is 10.7. The summed E-state index contributed by atoms with van der Waals surface area (Å²) >= 11 is 0. The Morgan fingerprint density at radius 2 is 2.27 bits per heavy atom. The van der Waals surface area contributed by atoms with Crippen molar-refractivity contribution in [2.24, 2.45) is 7.05 Å². The number of morpholine rings is 1. The summed E-state index contributed by atoms with van der Waals surface area (Å²) in [5, 5.41) is 0. The summed E-state index contributed by atoms with van der Waals surface area (Å²) in [6.45, 7) is 8.66. The molecule has 120 valence electrons. The third-order valence-corrected chi connectivity index (χ3v) is 4.10. The molecule has 0 spiro atoms. The van der Waals surface area contributed by atoms with E-state index in [1.807, 2.05) is 26.4 Å². The van der Waals surface area contributed by atoms with E-state index in [0.29, 0.717) is 0 Å². The summed E-state index contributed by atoms with van der Waals surface area (Å²) in [6.07, 6.45) is 7.18. The van der Waals surface area contributed by atoms with E-state index in [-0.39, 0.29) is 6.10 Å². The highest BCUT2D eigenvalue weighted by Crippen LogP contribution is 2.22. The predicted octanol–water partition coefficient (Wildman–Crippen LogP) is 1.91. The quantitative estimate of drug-likeness (QED) is 0.846. The molecule has 3 rings (SSSR count). The van der Waals surface area contributed by atoms with Gasteiger partial charge in [0.1, 0.15) is 17.8 Å². The van der Waals surface area contributed by atoms with Crippen molar-refractivity contribution in [3.8, 4) is 0 Å². The Morgan fingerprint density at radius 3 is 3.00 bits per heavy atom. The third-order valence-electron chi connectivity index (χ3n) is 4.10. The van der Waals surface area contributed by atoms with E-state index in [4.69, 9.17) is 4.74 Å². The molecule has 1 atom stereocenters. The van der Waals surface area contributed by atoms with Crippen molar-refractivity contribution in [3.05, 3.63) is 35.9 Å². The average molecular weight is 303 g/mol. The van der Waals surface area contributed by atoms with E-state index in [0.717, 1.165) is 56.5 Å². The summed E-state index contributed by atoms with van der Waals surface area (Å²) in [6, 6.07) is 0. The van der Waals surface area contributed by atoms with Gasteiger partial charge in [-0.15, -0.1) is 0 Å². The van der Waals surface area contributed by atoms with Crippen molar-refractivity contribution in [1.29, 1.82) is 0 Å². The van der Waals surface area contributed by atoms with Crippen LogP contribution in [0.3, 0.4) is 0 Å². The molecule has 0 radical (unpaired) electrons. The molecule has 1 aliphatic heterocycles. The van der Waals surface area contributed by atoms with Crippen LogP contribution in [0, 0.1) is 6.92 Å². The first-order valence-corrected chi connectivity index (χ1v) is 8.01. The molecule has 0 N–H and O–H groups in total. The number of imidazole rings is 2. The van der Waals surface area contributed by atoms with Crippen molar-refractivity contribution in [2.45, 2.75) is 39.5 Å². The molecule has 22 heavy (non-hydrogen) atoms. The van der Waals surface area contributed by atoms with Gasteiger partial charge in [0.15, 0.2) is 0 Å². The van der Waals surface area contributed by atoms with E-state index in [1.165, 1.54) is 0 Å². The Labute approximate surface area is 131 Å². The minimum Gasteiger partial charge on any atom is -0.368 e. The van der Waals surface area contributed by atoms with Gasteiger partial charge in [-0.25, -0.2) is 9.97 Å². The molecule has 1 fully saturated rings. The van der Waals surface area contributed by atoms with Crippen molar-refractivity contribution < 1.29 is 4.74 Å². The predicted molar refractivity (Wildman–Crippen MR) is 84.4 cm³/mol. The molecule has 0 aromatic carbocycles. The lowest BCUT2D eigenvalue weighted by atomic mass is 10.2. The van der Waals surface area contributed by atoms with Gasteiger partial charge in [-0.3, -0.25) is 4.90 Å². The van der Waals surface area contributed by atoms with Gasteiger partial charge >= 0.3 is 0 Å². The minimum atomic E-state index is 0.0436. The molecule has 2 aromatic heterocycles. The van der Waals surface area contributed by atoms with Crippen molar-refractivity contribution >= 4 is 0 Å². The van der Waals surface area contributed by atoms with Crippen LogP contribution in [0.4, 0.5) is 0 Å². The summed E-state index contributed by atoms with van der Waals surface area (Å²) < 4.78 is 10.2. The molecular formula is C16H25N5O. The zero-order chi connectivity index (χ0) is 15.5. The lowest BCUT2D eigenvalue weighted by Gasteiger charge is -2.32. The fraction of sp³-hybridized carbons (Fsp3) is 0.625. The zero-order valence-corrected chi connectivity index (χ0v) is 13.7. The standard InChI is InChI=1S/C16H25N5O/c1-4-6-21-7-5-17-15(21)12-20-8-9-22-14(11-20)16-18-13(2)10-19(16)3/h5,7,10,14H,4,6,8-9,11-12H2,1-3H3/t14-/m1/s1. The second-order valence-electron chi connectivity index (χ2n) is 5.98. The largest absolute Gasteiger partial charge is 0.368 e. The molecule has 0 saturated carbocycles. The summed E-state index contributed by atoms with van der Waals surface area (Å²) in [5.74, 6) is 2.15. The van der Waals surface area contributed by atoms with Crippen LogP contribution in [0.5, 0.6) is 0 Å². The second kappa shape index (κ2) is 6.62. The van der Waals surface area contributed by atoms with Crippen LogP contribution in [0.2, 0.25) is 0 Å². The maximum Gasteiger partial charge on any atom is 0.139 e. The summed E-state index contributed by atoms with van der Waals surface area (Å²) in [4.78, 5) is 11.5. The topological polar surface area (TPSA) is 48.1 Å². The molecule has 0 unspecified atom stereocenters. The molecule has 3 heterocycles. The lowest BCUT2D eigenvalue weighted by molar-refractivity contribution is -0.0394. The molecule has 6 nitrogen and oxygen atoms in total. The van der Waals surface area contributed by atoms with Crippen LogP contribution in [-0.2, 0) is 24.9 Å². The van der Waals surface area contributed by atoms with Gasteiger partial charge in [-0.05, 0) is 13.3 Å². The number of aryl methyl sites for hydroxylation is 3. The number of ether oxygens (including phenoxy) is 1. The van der Waals surface area contributed by atoms with Gasteiger partial charge in [0.05, 0.1) is 18.8 Å². The van der Waals surface area contributed by atoms with Gasteiger partial charge in [-0.2, -0.15) is 0 Å². The number of aromatic nitrogens is 4. The number of rotatable bonds is 5. The van der Waals surface area contributed by atoms with E-state index in [1.54, 1.807) is 0 Å². The van der Waals surface area contributed by atoms with Crippen LogP contribution in [0.15, 0.2) is 18.6 Å². The molecule has 1 aliphatic rings. The van der Waals surface area contributed by atoms with Crippen LogP contribution >= 0.6 is 0 Å². The van der Waals surface area contributed by atoms with Crippen molar-refractivity contribution in [1.82, 2.24) is 24.0 Å². The first-order valence-electron chi connectivity index (χ1n) is 8.01. The van der Waals surface area contributed by atoms with Crippen LogP contribution < -0.4 is 0 Å². The smallest absolute Gasteiger partial charge is 0.139 e. The zero-order valence-electron chi connectivity index (χ0n) is 13.7. The van der Waals surface area contributed by atoms with E-state index in [2.05, 4.69) is 37.1 Å². The fourth-order valence-electron chi connectivity index (χ4n) is 3.07. The molecule has 6 heteroatoms. The molecular weight excluding hydrogens is 278 g/mol.